The van der Waals surface area contributed by atoms with Crippen molar-refractivity contribution < 1.29 is 0 Å². The molecule has 0 radical (unpaired) electrons. The van der Waals surface area contributed by atoms with E-state index in [9.17, 15) is 0 Å². The van der Waals surface area contributed by atoms with Crippen molar-refractivity contribution in [3.63, 3.8) is 0 Å². The number of fused-ring (bicyclic) bond motifs is 2. The third kappa shape index (κ3) is 4.78. The summed E-state index contributed by atoms with van der Waals surface area (Å²) in [5.41, 5.74) is 7.72. The van der Waals surface area contributed by atoms with Crippen molar-refractivity contribution in [2.45, 2.75) is 39.8 Å². The molecule has 6 aromatic rings. The van der Waals surface area contributed by atoms with Gasteiger partial charge in [-0.1, -0.05) is 24.3 Å². The largest absolute Gasteiger partial charge is 0.339 e. The van der Waals surface area contributed by atoms with E-state index in [1.54, 1.807) is 10.8 Å². The van der Waals surface area contributed by atoms with Gasteiger partial charge in [-0.3, -0.25) is 14.9 Å². The summed E-state index contributed by atoms with van der Waals surface area (Å²) in [5.74, 6) is 0.908. The third-order valence-electron chi connectivity index (χ3n) is 6.93. The van der Waals surface area contributed by atoms with Crippen LogP contribution in [0.5, 0.6) is 0 Å². The number of hydrogen-bond acceptors (Lipinski definition) is 6. The van der Waals surface area contributed by atoms with Gasteiger partial charge in [0.15, 0.2) is 5.65 Å². The lowest BCUT2D eigenvalue weighted by Gasteiger charge is -2.25. The highest BCUT2D eigenvalue weighted by Crippen LogP contribution is 2.30. The zero-order chi connectivity index (χ0) is 26.1. The normalized spacial score (nSPS) is 11.8. The highest BCUT2D eigenvalue weighted by Gasteiger charge is 2.19. The Bertz CT molecular complexity index is 1710. The summed E-state index contributed by atoms with van der Waals surface area (Å²) in [4.78, 5) is 24.7. The molecule has 0 fully saturated rings. The van der Waals surface area contributed by atoms with Crippen molar-refractivity contribution in [1.82, 2.24) is 39.4 Å². The Morgan fingerprint density at radius 3 is 2.71 bits per heavy atom. The van der Waals surface area contributed by atoms with Crippen LogP contribution in [0.4, 0.5) is 0 Å². The average Bonchev–Trinajstić information content (AvgIpc) is 3.57. The second-order valence-electron chi connectivity index (χ2n) is 9.85. The number of hydrogen-bond donors (Lipinski definition) is 1. The molecule has 0 saturated carbocycles. The van der Waals surface area contributed by atoms with E-state index < -0.39 is 0 Å². The summed E-state index contributed by atoms with van der Waals surface area (Å²) < 4.78 is 1.77. The first-order valence-electron chi connectivity index (χ1n) is 12.9. The second-order valence-corrected chi connectivity index (χ2v) is 9.85. The Morgan fingerprint density at radius 2 is 1.84 bits per heavy atom. The molecule has 5 heterocycles. The molecule has 0 unspecified atom stereocenters. The summed E-state index contributed by atoms with van der Waals surface area (Å²) >= 11 is 0. The molecular weight excluding hydrogens is 472 g/mol. The van der Waals surface area contributed by atoms with Crippen molar-refractivity contribution in [2.75, 3.05) is 6.54 Å². The summed E-state index contributed by atoms with van der Waals surface area (Å²) in [5, 5.41) is 5.53. The molecular formula is C30H30N8. The summed E-state index contributed by atoms with van der Waals surface area (Å²) in [6.07, 6.45) is 6.31. The maximum Gasteiger partial charge on any atom is 0.155 e. The van der Waals surface area contributed by atoms with E-state index in [1.807, 2.05) is 55.7 Å². The zero-order valence-corrected chi connectivity index (χ0v) is 21.8. The monoisotopic (exact) mass is 502 g/mol. The first-order chi connectivity index (χ1) is 18.5. The first-order valence-corrected chi connectivity index (χ1v) is 12.9. The molecule has 1 N–H and O–H groups in total. The van der Waals surface area contributed by atoms with Gasteiger partial charge < -0.3 is 4.98 Å². The standard InChI is InChI=1S/C30H30N8/c1-20(2)37(16-14-22-8-5-10-25-24(22)9-6-15-31-25)18-27-35-29(23-12-13-28-32-19-33-38(28)17-23)30(36-27)26-11-4-7-21(3)34-26/h4-13,15,17,19-20H,14,16,18H2,1-3H3,(H,35,36). The SMILES string of the molecule is Cc1cccc(-c2[nH]c(CN(CCc3cccc4ncccc34)C(C)C)nc2-c2ccc3ncnn3c2)n1. The molecule has 38 heavy (non-hydrogen) atoms. The lowest BCUT2D eigenvalue weighted by Crippen LogP contribution is -2.32. The van der Waals surface area contributed by atoms with Gasteiger partial charge in [-0.25, -0.2) is 14.5 Å². The van der Waals surface area contributed by atoms with Crippen LogP contribution in [0.1, 0.15) is 30.9 Å². The molecule has 0 aliphatic rings. The van der Waals surface area contributed by atoms with Crippen LogP contribution in [0.25, 0.3) is 39.2 Å². The van der Waals surface area contributed by atoms with Crippen molar-refractivity contribution in [3.8, 4) is 22.6 Å². The lowest BCUT2D eigenvalue weighted by atomic mass is 10.0. The van der Waals surface area contributed by atoms with E-state index in [0.717, 1.165) is 58.3 Å². The number of benzene rings is 1. The minimum absolute atomic E-state index is 0.351. The summed E-state index contributed by atoms with van der Waals surface area (Å²) in [6.45, 7) is 8.08. The van der Waals surface area contributed by atoms with Gasteiger partial charge in [0.1, 0.15) is 12.2 Å². The fourth-order valence-electron chi connectivity index (χ4n) is 4.89. The van der Waals surface area contributed by atoms with Crippen LogP contribution in [0, 0.1) is 6.92 Å². The lowest BCUT2D eigenvalue weighted by molar-refractivity contribution is 0.211. The molecule has 8 nitrogen and oxygen atoms in total. The fraction of sp³-hybridized carbons (Fsp3) is 0.233. The number of nitrogens with one attached hydrogen (secondary N) is 1. The van der Waals surface area contributed by atoms with Crippen LogP contribution in [0.15, 0.2) is 79.4 Å². The van der Waals surface area contributed by atoms with Crippen LogP contribution < -0.4 is 0 Å². The Morgan fingerprint density at radius 1 is 0.947 bits per heavy atom. The number of nitrogens with zero attached hydrogens (tertiary/aromatic N) is 7. The van der Waals surface area contributed by atoms with Crippen LogP contribution in [-0.2, 0) is 13.0 Å². The Hall–Kier alpha value is -4.43. The molecule has 0 bridgehead atoms. The van der Waals surface area contributed by atoms with Crippen LogP contribution in [0.2, 0.25) is 0 Å². The number of rotatable bonds is 8. The number of pyridine rings is 3. The first kappa shape index (κ1) is 23.9. The van der Waals surface area contributed by atoms with Crippen molar-refractivity contribution in [2.24, 2.45) is 0 Å². The van der Waals surface area contributed by atoms with Gasteiger partial charge in [-0.2, -0.15) is 5.10 Å². The predicted molar refractivity (Wildman–Crippen MR) is 150 cm³/mol. The maximum atomic E-state index is 5.10. The van der Waals surface area contributed by atoms with Gasteiger partial charge in [-0.05, 0) is 69.2 Å². The molecule has 1 aromatic carbocycles. The Kier molecular flexibility index (Phi) is 6.39. The smallest absolute Gasteiger partial charge is 0.155 e. The topological polar surface area (TPSA) is 87.9 Å². The number of H-pyrrole nitrogens is 1. The predicted octanol–water partition coefficient (Wildman–Crippen LogP) is 5.49. The van der Waals surface area contributed by atoms with Gasteiger partial charge >= 0.3 is 0 Å². The number of aryl methyl sites for hydroxylation is 1. The van der Waals surface area contributed by atoms with Gasteiger partial charge in [0.2, 0.25) is 0 Å². The quantitative estimate of drug-likeness (QED) is 0.296. The molecule has 0 atom stereocenters. The average molecular weight is 503 g/mol. The Labute approximate surface area is 221 Å². The third-order valence-corrected chi connectivity index (χ3v) is 6.93. The second kappa shape index (κ2) is 10.1. The zero-order valence-electron chi connectivity index (χ0n) is 21.8. The van der Waals surface area contributed by atoms with E-state index in [2.05, 4.69) is 63.1 Å². The van der Waals surface area contributed by atoms with Gasteiger partial charge in [-0.15, -0.1) is 0 Å². The molecule has 5 aromatic heterocycles. The number of imidazole rings is 1. The van der Waals surface area contributed by atoms with Gasteiger partial charge in [0.25, 0.3) is 0 Å². The van der Waals surface area contributed by atoms with Crippen molar-refractivity contribution in [3.05, 3.63) is 96.5 Å². The highest BCUT2D eigenvalue weighted by atomic mass is 15.3. The summed E-state index contributed by atoms with van der Waals surface area (Å²) in [6, 6.07) is 20.9. The molecule has 0 saturated heterocycles. The van der Waals surface area contributed by atoms with Crippen molar-refractivity contribution >= 4 is 16.6 Å². The van der Waals surface area contributed by atoms with Crippen LogP contribution >= 0.6 is 0 Å². The van der Waals surface area contributed by atoms with Gasteiger partial charge in [0, 0.05) is 41.6 Å². The van der Waals surface area contributed by atoms with E-state index in [-0.39, 0.29) is 0 Å². The molecule has 0 amide bonds. The maximum absolute atomic E-state index is 5.10. The van der Waals surface area contributed by atoms with Crippen molar-refractivity contribution in [1.29, 1.82) is 0 Å². The number of aromatic nitrogens is 7. The molecule has 6 rings (SSSR count). The molecule has 0 aliphatic heterocycles. The van der Waals surface area contributed by atoms with E-state index >= 15 is 0 Å². The Balaban J connectivity index is 1.32. The van der Waals surface area contributed by atoms with E-state index in [1.165, 1.54) is 10.9 Å². The van der Waals surface area contributed by atoms with Crippen LogP contribution in [-0.4, -0.2) is 52.0 Å². The molecule has 0 aliphatic carbocycles. The van der Waals surface area contributed by atoms with E-state index in [4.69, 9.17) is 9.97 Å². The fourth-order valence-corrected chi connectivity index (χ4v) is 4.89. The summed E-state index contributed by atoms with van der Waals surface area (Å²) in [7, 11) is 0. The molecule has 190 valence electrons. The number of aromatic amines is 1. The minimum Gasteiger partial charge on any atom is -0.339 e. The van der Waals surface area contributed by atoms with Crippen LogP contribution in [0.3, 0.4) is 0 Å². The minimum atomic E-state index is 0.351. The molecule has 8 heteroatoms. The molecule has 0 spiro atoms. The van der Waals surface area contributed by atoms with Gasteiger partial charge in [0.05, 0.1) is 29.1 Å². The van der Waals surface area contributed by atoms with E-state index in [0.29, 0.717) is 12.6 Å². The highest BCUT2D eigenvalue weighted by molar-refractivity contribution is 5.82.